The SMILES string of the molecule is NC1=NC2(CCN(C(=O)c3cccc(N)c3)CC2)Nc2ccccc21. The van der Waals surface area contributed by atoms with Crippen LogP contribution >= 0.6 is 0 Å². The van der Waals surface area contributed by atoms with Crippen molar-refractivity contribution in [2.75, 3.05) is 24.1 Å². The van der Waals surface area contributed by atoms with Crippen LogP contribution in [0.1, 0.15) is 28.8 Å². The molecule has 0 saturated carbocycles. The zero-order valence-electron chi connectivity index (χ0n) is 13.9. The Hall–Kier alpha value is -3.02. The minimum Gasteiger partial charge on any atom is -0.399 e. The van der Waals surface area contributed by atoms with E-state index < -0.39 is 5.66 Å². The zero-order valence-corrected chi connectivity index (χ0v) is 13.9. The molecular formula is C19H21N5O. The van der Waals surface area contributed by atoms with Crippen LogP contribution in [0, 0.1) is 0 Å². The van der Waals surface area contributed by atoms with Crippen molar-refractivity contribution in [3.63, 3.8) is 0 Å². The molecule has 25 heavy (non-hydrogen) atoms. The van der Waals surface area contributed by atoms with Crippen molar-refractivity contribution >= 4 is 23.1 Å². The van der Waals surface area contributed by atoms with Gasteiger partial charge in [-0.3, -0.25) is 4.79 Å². The van der Waals surface area contributed by atoms with E-state index in [0.717, 1.165) is 24.1 Å². The van der Waals surface area contributed by atoms with Crippen molar-refractivity contribution in [3.05, 3.63) is 59.7 Å². The summed E-state index contributed by atoms with van der Waals surface area (Å²) in [4.78, 5) is 19.3. The first-order chi connectivity index (χ1) is 12.1. The summed E-state index contributed by atoms with van der Waals surface area (Å²) in [6.45, 7) is 1.25. The highest BCUT2D eigenvalue weighted by Crippen LogP contribution is 2.34. The second-order valence-electron chi connectivity index (χ2n) is 6.62. The minimum atomic E-state index is -0.426. The number of hydrogen-bond donors (Lipinski definition) is 3. The third kappa shape index (κ3) is 2.80. The largest absolute Gasteiger partial charge is 0.399 e. The predicted octanol–water partition coefficient (Wildman–Crippen LogP) is 2.03. The number of nitrogens with zero attached hydrogens (tertiary/aromatic N) is 2. The highest BCUT2D eigenvalue weighted by Gasteiger charge is 2.38. The lowest BCUT2D eigenvalue weighted by Gasteiger charge is -2.42. The Morgan fingerprint density at radius 1 is 1.08 bits per heavy atom. The number of piperidine rings is 1. The summed E-state index contributed by atoms with van der Waals surface area (Å²) in [6, 6.07) is 15.0. The number of benzene rings is 2. The van der Waals surface area contributed by atoms with Crippen molar-refractivity contribution in [2.45, 2.75) is 18.5 Å². The maximum Gasteiger partial charge on any atom is 0.253 e. The van der Waals surface area contributed by atoms with Crippen molar-refractivity contribution in [2.24, 2.45) is 10.7 Å². The van der Waals surface area contributed by atoms with Gasteiger partial charge in [-0.15, -0.1) is 0 Å². The van der Waals surface area contributed by atoms with Gasteiger partial charge in [0.2, 0.25) is 0 Å². The number of amidine groups is 1. The monoisotopic (exact) mass is 335 g/mol. The standard InChI is InChI=1S/C19H21N5O/c20-14-5-3-4-13(12-14)18(25)24-10-8-19(9-11-24)22-16-7-2-1-6-15(16)17(21)23-19/h1-7,12,22H,8-11,20H2,(H2,21,23). The number of carbonyl (C=O) groups excluding carboxylic acids is 1. The Bertz CT molecular complexity index is 852. The molecule has 0 unspecified atom stereocenters. The molecule has 128 valence electrons. The molecule has 0 radical (unpaired) electrons. The average molecular weight is 335 g/mol. The van der Waals surface area contributed by atoms with E-state index in [9.17, 15) is 4.79 Å². The highest BCUT2D eigenvalue weighted by atomic mass is 16.2. The number of amides is 1. The van der Waals surface area contributed by atoms with E-state index in [0.29, 0.717) is 30.2 Å². The number of para-hydroxylation sites is 1. The molecule has 4 rings (SSSR count). The van der Waals surface area contributed by atoms with Gasteiger partial charge in [0.25, 0.3) is 5.91 Å². The van der Waals surface area contributed by atoms with Crippen LogP contribution in [0.5, 0.6) is 0 Å². The maximum atomic E-state index is 12.7. The molecule has 2 aliphatic rings. The molecule has 0 bridgehead atoms. The molecule has 2 aromatic carbocycles. The van der Waals surface area contributed by atoms with Gasteiger partial charge in [0.05, 0.1) is 0 Å². The summed E-state index contributed by atoms with van der Waals surface area (Å²) in [5, 5.41) is 3.53. The molecule has 6 heteroatoms. The number of nitrogen functional groups attached to an aromatic ring is 1. The van der Waals surface area contributed by atoms with Gasteiger partial charge in [0.15, 0.2) is 0 Å². The lowest BCUT2D eigenvalue weighted by molar-refractivity contribution is 0.0685. The van der Waals surface area contributed by atoms with E-state index in [1.165, 1.54) is 0 Å². The molecule has 2 aromatic rings. The maximum absolute atomic E-state index is 12.7. The topological polar surface area (TPSA) is 96.7 Å². The van der Waals surface area contributed by atoms with Gasteiger partial charge in [0, 0.05) is 48.4 Å². The van der Waals surface area contributed by atoms with Crippen LogP contribution in [-0.4, -0.2) is 35.4 Å². The lowest BCUT2D eigenvalue weighted by atomic mass is 9.93. The van der Waals surface area contributed by atoms with E-state index in [1.54, 1.807) is 24.3 Å². The van der Waals surface area contributed by atoms with E-state index in [-0.39, 0.29) is 5.91 Å². The number of nitrogens with one attached hydrogen (secondary N) is 1. The quantitative estimate of drug-likeness (QED) is 0.695. The van der Waals surface area contributed by atoms with Crippen LogP contribution in [-0.2, 0) is 0 Å². The Labute approximate surface area is 146 Å². The molecule has 6 nitrogen and oxygen atoms in total. The fraction of sp³-hybridized carbons (Fsp3) is 0.263. The van der Waals surface area contributed by atoms with Crippen molar-refractivity contribution in [1.29, 1.82) is 0 Å². The summed E-state index contributed by atoms with van der Waals surface area (Å²) < 4.78 is 0. The number of anilines is 2. The number of likely N-dealkylation sites (tertiary alicyclic amines) is 1. The van der Waals surface area contributed by atoms with Crippen LogP contribution in [0.15, 0.2) is 53.5 Å². The first kappa shape index (κ1) is 15.5. The van der Waals surface area contributed by atoms with Crippen LogP contribution in [0.25, 0.3) is 0 Å². The Kier molecular flexibility index (Phi) is 3.60. The molecule has 1 spiro atoms. The highest BCUT2D eigenvalue weighted by molar-refractivity contribution is 6.04. The molecule has 1 amide bonds. The van der Waals surface area contributed by atoms with Gasteiger partial charge in [0.1, 0.15) is 11.5 Å². The van der Waals surface area contributed by atoms with Crippen molar-refractivity contribution in [1.82, 2.24) is 4.90 Å². The zero-order chi connectivity index (χ0) is 17.4. The van der Waals surface area contributed by atoms with E-state index >= 15 is 0 Å². The van der Waals surface area contributed by atoms with Crippen LogP contribution in [0.2, 0.25) is 0 Å². The number of aliphatic imine (C=N–C) groups is 1. The molecule has 0 aliphatic carbocycles. The van der Waals surface area contributed by atoms with Gasteiger partial charge < -0.3 is 21.7 Å². The summed E-state index contributed by atoms with van der Waals surface area (Å²) >= 11 is 0. The van der Waals surface area contributed by atoms with Gasteiger partial charge in [-0.2, -0.15) is 0 Å². The first-order valence-electron chi connectivity index (χ1n) is 8.44. The number of carbonyl (C=O) groups is 1. The Morgan fingerprint density at radius 2 is 1.84 bits per heavy atom. The molecular weight excluding hydrogens is 314 g/mol. The molecule has 2 heterocycles. The third-order valence-electron chi connectivity index (χ3n) is 4.92. The second-order valence-corrected chi connectivity index (χ2v) is 6.62. The van der Waals surface area contributed by atoms with Crippen LogP contribution in [0.3, 0.4) is 0 Å². The number of hydrogen-bond acceptors (Lipinski definition) is 5. The smallest absolute Gasteiger partial charge is 0.253 e. The molecule has 1 fully saturated rings. The average Bonchev–Trinajstić information content (AvgIpc) is 2.62. The predicted molar refractivity (Wildman–Crippen MR) is 99.5 cm³/mol. The van der Waals surface area contributed by atoms with E-state index in [1.807, 2.05) is 29.2 Å². The van der Waals surface area contributed by atoms with Crippen molar-refractivity contribution < 1.29 is 4.79 Å². The van der Waals surface area contributed by atoms with E-state index in [4.69, 9.17) is 16.5 Å². The number of rotatable bonds is 1. The summed E-state index contributed by atoms with van der Waals surface area (Å²) in [5.41, 5.74) is 14.7. The van der Waals surface area contributed by atoms with E-state index in [2.05, 4.69) is 5.32 Å². The Balaban J connectivity index is 1.51. The van der Waals surface area contributed by atoms with Crippen LogP contribution < -0.4 is 16.8 Å². The van der Waals surface area contributed by atoms with Crippen molar-refractivity contribution in [3.8, 4) is 0 Å². The second kappa shape index (κ2) is 5.81. The molecule has 2 aliphatic heterocycles. The molecule has 0 atom stereocenters. The minimum absolute atomic E-state index is 0.00955. The normalized spacial score (nSPS) is 18.2. The molecule has 0 aromatic heterocycles. The molecule has 5 N–H and O–H groups in total. The lowest BCUT2D eigenvalue weighted by Crippen LogP contribution is -2.52. The van der Waals surface area contributed by atoms with Crippen LogP contribution in [0.4, 0.5) is 11.4 Å². The van der Waals surface area contributed by atoms with Gasteiger partial charge in [-0.25, -0.2) is 4.99 Å². The van der Waals surface area contributed by atoms with Gasteiger partial charge >= 0.3 is 0 Å². The fourth-order valence-corrected chi connectivity index (χ4v) is 3.56. The summed E-state index contributed by atoms with van der Waals surface area (Å²) in [5.74, 6) is 0.570. The van der Waals surface area contributed by atoms with Gasteiger partial charge in [-0.1, -0.05) is 18.2 Å². The van der Waals surface area contributed by atoms with Gasteiger partial charge in [-0.05, 0) is 30.3 Å². The first-order valence-corrected chi connectivity index (χ1v) is 8.44. The fourth-order valence-electron chi connectivity index (χ4n) is 3.56. The Morgan fingerprint density at radius 3 is 2.60 bits per heavy atom. The molecule has 1 saturated heterocycles. The summed E-state index contributed by atoms with van der Waals surface area (Å²) in [6.07, 6.45) is 1.44. The number of nitrogens with two attached hydrogens (primary N) is 2. The number of fused-ring (bicyclic) bond motifs is 1. The third-order valence-corrected chi connectivity index (χ3v) is 4.92. The summed E-state index contributed by atoms with van der Waals surface area (Å²) in [7, 11) is 0.